The van der Waals surface area contributed by atoms with Crippen molar-refractivity contribution < 1.29 is 19.1 Å². The molecule has 0 aliphatic heterocycles. The number of carbonyl (C=O) groups is 2. The fourth-order valence-electron chi connectivity index (χ4n) is 1.93. The van der Waals surface area contributed by atoms with Gasteiger partial charge in [0.05, 0.1) is 26.5 Å². The second-order valence-corrected chi connectivity index (χ2v) is 5.36. The maximum atomic E-state index is 12.2. The van der Waals surface area contributed by atoms with Crippen LogP contribution in [0.4, 0.5) is 5.69 Å². The number of nitrogens with one attached hydrogen (secondary N) is 1. The molecular weight excluding hydrogens is 298 g/mol. The molecule has 0 aliphatic carbocycles. The average Bonchev–Trinajstić information content (AvgIpc) is 2.51. The maximum Gasteiger partial charge on any atom is 0.244 e. The topological polar surface area (TPSA) is 71.1 Å². The lowest BCUT2D eigenvalue weighted by atomic mass is 10.2. The van der Waals surface area contributed by atoms with E-state index in [1.165, 1.54) is 18.9 Å². The third-order valence-electron chi connectivity index (χ3n) is 3.28. The lowest BCUT2D eigenvalue weighted by Crippen LogP contribution is -2.40. The zero-order valence-corrected chi connectivity index (χ0v) is 14.4. The lowest BCUT2D eigenvalue weighted by Gasteiger charge is -2.22. The molecule has 2 amide bonds. The van der Waals surface area contributed by atoms with E-state index in [0.717, 1.165) is 0 Å². The third kappa shape index (κ3) is 6.15. The van der Waals surface area contributed by atoms with E-state index in [9.17, 15) is 9.59 Å². The number of benzene rings is 1. The molecule has 0 unspecified atom stereocenters. The molecule has 0 heterocycles. The van der Waals surface area contributed by atoms with Gasteiger partial charge in [0.15, 0.2) is 0 Å². The van der Waals surface area contributed by atoms with Gasteiger partial charge in [-0.2, -0.15) is 0 Å². The molecule has 128 valence electrons. The van der Waals surface area contributed by atoms with Gasteiger partial charge >= 0.3 is 0 Å². The second kappa shape index (κ2) is 8.99. The van der Waals surface area contributed by atoms with Gasteiger partial charge in [-0.15, -0.1) is 0 Å². The normalized spacial score (nSPS) is 10.3. The molecule has 1 rings (SSSR count). The lowest BCUT2D eigenvalue weighted by molar-refractivity contribution is -0.132. The Morgan fingerprint density at radius 3 is 2.35 bits per heavy atom. The van der Waals surface area contributed by atoms with Crippen molar-refractivity contribution in [1.29, 1.82) is 0 Å². The number of anilines is 1. The van der Waals surface area contributed by atoms with Gasteiger partial charge in [0.25, 0.3) is 0 Å². The van der Waals surface area contributed by atoms with Crippen LogP contribution in [0.1, 0.15) is 6.92 Å². The van der Waals surface area contributed by atoms with Crippen molar-refractivity contribution in [2.24, 2.45) is 0 Å². The highest BCUT2D eigenvalue weighted by atomic mass is 16.5. The summed E-state index contributed by atoms with van der Waals surface area (Å²) in [4.78, 5) is 27.3. The minimum absolute atomic E-state index is 0.00163. The number of nitrogens with zero attached hydrogens (tertiary/aromatic N) is 2. The van der Waals surface area contributed by atoms with Crippen molar-refractivity contribution in [2.45, 2.75) is 6.92 Å². The molecule has 7 heteroatoms. The molecule has 1 aromatic carbocycles. The molecule has 0 atom stereocenters. The van der Waals surface area contributed by atoms with E-state index in [1.54, 1.807) is 25.3 Å². The van der Waals surface area contributed by atoms with Crippen LogP contribution >= 0.6 is 0 Å². The highest BCUT2D eigenvalue weighted by Gasteiger charge is 2.15. The summed E-state index contributed by atoms with van der Waals surface area (Å²) < 4.78 is 10.4. The SMILES string of the molecule is COc1ccc(NC(=O)CN(CCN(C)C)C(C)=O)c(OC)c1. The van der Waals surface area contributed by atoms with Crippen molar-refractivity contribution in [3.63, 3.8) is 0 Å². The number of carbonyl (C=O) groups excluding carboxylic acids is 2. The average molecular weight is 323 g/mol. The summed E-state index contributed by atoms with van der Waals surface area (Å²) in [5.74, 6) is 0.725. The molecule has 1 aromatic rings. The van der Waals surface area contributed by atoms with E-state index in [2.05, 4.69) is 5.32 Å². The van der Waals surface area contributed by atoms with Crippen LogP contribution in [0, 0.1) is 0 Å². The van der Waals surface area contributed by atoms with Crippen molar-refractivity contribution in [3.05, 3.63) is 18.2 Å². The Morgan fingerprint density at radius 2 is 1.83 bits per heavy atom. The first-order valence-corrected chi connectivity index (χ1v) is 7.29. The second-order valence-electron chi connectivity index (χ2n) is 5.36. The molecule has 0 bridgehead atoms. The van der Waals surface area contributed by atoms with Crippen LogP contribution in [0.5, 0.6) is 11.5 Å². The summed E-state index contributed by atoms with van der Waals surface area (Å²) in [7, 11) is 6.91. The third-order valence-corrected chi connectivity index (χ3v) is 3.28. The van der Waals surface area contributed by atoms with E-state index in [-0.39, 0.29) is 18.4 Å². The van der Waals surface area contributed by atoms with E-state index in [1.807, 2.05) is 19.0 Å². The minimum Gasteiger partial charge on any atom is -0.497 e. The smallest absolute Gasteiger partial charge is 0.244 e. The largest absolute Gasteiger partial charge is 0.497 e. The highest BCUT2D eigenvalue weighted by molar-refractivity contribution is 5.95. The monoisotopic (exact) mass is 323 g/mol. The predicted octanol–water partition coefficient (Wildman–Crippen LogP) is 1.05. The summed E-state index contributed by atoms with van der Waals surface area (Å²) >= 11 is 0. The molecular formula is C16H25N3O4. The Bertz CT molecular complexity index is 546. The Hall–Kier alpha value is -2.28. The predicted molar refractivity (Wildman–Crippen MR) is 89.0 cm³/mol. The fourth-order valence-corrected chi connectivity index (χ4v) is 1.93. The maximum absolute atomic E-state index is 12.2. The highest BCUT2D eigenvalue weighted by Crippen LogP contribution is 2.28. The van der Waals surface area contributed by atoms with Gasteiger partial charge in [-0.25, -0.2) is 0 Å². The van der Waals surface area contributed by atoms with Crippen molar-refractivity contribution >= 4 is 17.5 Å². The van der Waals surface area contributed by atoms with Crippen molar-refractivity contribution in [2.75, 3.05) is 53.3 Å². The number of methoxy groups -OCH3 is 2. The van der Waals surface area contributed by atoms with E-state index < -0.39 is 0 Å². The first-order valence-electron chi connectivity index (χ1n) is 7.29. The molecule has 7 nitrogen and oxygen atoms in total. The first kappa shape index (κ1) is 18.8. The number of hydrogen-bond donors (Lipinski definition) is 1. The van der Waals surface area contributed by atoms with Gasteiger partial charge in [0.2, 0.25) is 11.8 Å². The molecule has 0 aliphatic rings. The van der Waals surface area contributed by atoms with Crippen LogP contribution in [0.25, 0.3) is 0 Å². The number of hydrogen-bond acceptors (Lipinski definition) is 5. The van der Waals surface area contributed by atoms with Gasteiger partial charge in [-0.05, 0) is 26.2 Å². The molecule has 0 saturated carbocycles. The van der Waals surface area contributed by atoms with E-state index >= 15 is 0 Å². The molecule has 0 saturated heterocycles. The van der Waals surface area contributed by atoms with Crippen LogP contribution in [0.2, 0.25) is 0 Å². The van der Waals surface area contributed by atoms with Gasteiger partial charge in [0, 0.05) is 26.1 Å². The molecule has 0 aromatic heterocycles. The standard InChI is InChI=1S/C16H25N3O4/c1-12(20)19(9-8-18(2)3)11-16(21)17-14-7-6-13(22-4)10-15(14)23-5/h6-7,10H,8-9,11H2,1-5H3,(H,17,21). The summed E-state index contributed by atoms with van der Waals surface area (Å²) in [5.41, 5.74) is 0.536. The summed E-state index contributed by atoms with van der Waals surface area (Å²) in [6.45, 7) is 2.64. The number of likely N-dealkylation sites (N-methyl/N-ethyl adjacent to an activating group) is 1. The molecule has 23 heavy (non-hydrogen) atoms. The quantitative estimate of drug-likeness (QED) is 0.774. The summed E-state index contributed by atoms with van der Waals surface area (Å²) in [5, 5.41) is 2.76. The summed E-state index contributed by atoms with van der Waals surface area (Å²) in [6.07, 6.45) is 0. The van der Waals surface area contributed by atoms with Crippen molar-refractivity contribution in [3.8, 4) is 11.5 Å². The molecule has 0 radical (unpaired) electrons. The molecule has 0 spiro atoms. The van der Waals surface area contributed by atoms with Crippen LogP contribution in [0.15, 0.2) is 18.2 Å². The Labute approximate surface area is 137 Å². The van der Waals surface area contributed by atoms with Crippen LogP contribution in [-0.4, -0.2) is 69.6 Å². The fraction of sp³-hybridized carbons (Fsp3) is 0.500. The van der Waals surface area contributed by atoms with Gasteiger partial charge in [-0.1, -0.05) is 0 Å². The number of ether oxygens (including phenoxy) is 2. The van der Waals surface area contributed by atoms with Gasteiger partial charge < -0.3 is 24.6 Å². The first-order chi connectivity index (χ1) is 10.9. The van der Waals surface area contributed by atoms with Gasteiger partial charge in [-0.3, -0.25) is 9.59 Å². The molecule has 0 fully saturated rings. The number of amides is 2. The summed E-state index contributed by atoms with van der Waals surface area (Å²) in [6, 6.07) is 5.12. The Balaban J connectivity index is 2.72. The zero-order chi connectivity index (χ0) is 17.4. The van der Waals surface area contributed by atoms with E-state index in [4.69, 9.17) is 9.47 Å². The Kier molecular flexibility index (Phi) is 7.34. The molecule has 1 N–H and O–H groups in total. The Morgan fingerprint density at radius 1 is 1.13 bits per heavy atom. The number of rotatable bonds is 8. The van der Waals surface area contributed by atoms with E-state index in [0.29, 0.717) is 30.3 Å². The van der Waals surface area contributed by atoms with Crippen LogP contribution in [0.3, 0.4) is 0 Å². The zero-order valence-electron chi connectivity index (χ0n) is 14.4. The minimum atomic E-state index is -0.276. The van der Waals surface area contributed by atoms with Crippen molar-refractivity contribution in [1.82, 2.24) is 9.80 Å². The van der Waals surface area contributed by atoms with Crippen LogP contribution in [-0.2, 0) is 9.59 Å². The van der Waals surface area contributed by atoms with Crippen LogP contribution < -0.4 is 14.8 Å². The van der Waals surface area contributed by atoms with Gasteiger partial charge in [0.1, 0.15) is 11.5 Å².